The zero-order chi connectivity index (χ0) is 13.1. The molecule has 2 aromatic rings. The molecule has 18 heavy (non-hydrogen) atoms. The van der Waals surface area contributed by atoms with E-state index in [2.05, 4.69) is 10.1 Å². The number of rotatable bonds is 3. The highest BCUT2D eigenvalue weighted by atomic mass is 19.1. The molecule has 0 saturated heterocycles. The minimum atomic E-state index is -0.434. The summed E-state index contributed by atoms with van der Waals surface area (Å²) in [5.74, 6) is -0.00740. The summed E-state index contributed by atoms with van der Waals surface area (Å²) in [5, 5.41) is 4.10. The first kappa shape index (κ1) is 12.1. The van der Waals surface area contributed by atoms with Crippen molar-refractivity contribution >= 4 is 12.2 Å². The van der Waals surface area contributed by atoms with Gasteiger partial charge in [-0.3, -0.25) is 0 Å². The van der Waals surface area contributed by atoms with E-state index in [1.165, 1.54) is 24.1 Å². The quantitative estimate of drug-likeness (QED) is 0.842. The van der Waals surface area contributed by atoms with Gasteiger partial charge in [-0.25, -0.2) is 14.1 Å². The van der Waals surface area contributed by atoms with Gasteiger partial charge in [0, 0.05) is 5.56 Å². The molecule has 0 aliphatic rings. The molecule has 2 rings (SSSR count). The first-order chi connectivity index (χ1) is 8.61. The molecule has 1 aromatic heterocycles. The molecule has 0 spiro atoms. The third kappa shape index (κ3) is 2.32. The van der Waals surface area contributed by atoms with E-state index in [0.717, 1.165) is 5.69 Å². The molecule has 2 N–H and O–H groups in total. The van der Waals surface area contributed by atoms with E-state index >= 15 is 0 Å². The number of ether oxygens (including phenoxy) is 1. The predicted molar refractivity (Wildman–Crippen MR) is 67.3 cm³/mol. The molecule has 0 bridgehead atoms. The van der Waals surface area contributed by atoms with Crippen LogP contribution in [-0.2, 0) is 0 Å². The van der Waals surface area contributed by atoms with Crippen molar-refractivity contribution in [3.8, 4) is 5.75 Å². The van der Waals surface area contributed by atoms with Crippen LogP contribution in [-0.4, -0.2) is 23.0 Å². The van der Waals surface area contributed by atoms with Crippen LogP contribution in [0.5, 0.6) is 5.75 Å². The molecule has 6 heteroatoms. The molecule has 0 atom stereocenters. The largest absolute Gasteiger partial charge is 0.493 e. The van der Waals surface area contributed by atoms with Gasteiger partial charge in [0.25, 0.3) is 0 Å². The number of anilines is 1. The lowest BCUT2D eigenvalue weighted by molar-refractivity contribution is 0.386. The molecule has 0 saturated carbocycles. The van der Waals surface area contributed by atoms with E-state index in [1.54, 1.807) is 18.3 Å². The molecule has 1 heterocycles. The monoisotopic (exact) mass is 248 g/mol. The van der Waals surface area contributed by atoms with Crippen LogP contribution < -0.4 is 10.5 Å². The zero-order valence-electron chi connectivity index (χ0n) is 10.1. The minimum Gasteiger partial charge on any atom is -0.493 e. The second-order valence-electron chi connectivity index (χ2n) is 3.69. The van der Waals surface area contributed by atoms with Crippen LogP contribution in [0.2, 0.25) is 0 Å². The van der Waals surface area contributed by atoms with Crippen molar-refractivity contribution in [2.24, 2.45) is 5.10 Å². The number of hydrogen-bond donors (Lipinski definition) is 1. The van der Waals surface area contributed by atoms with Crippen molar-refractivity contribution in [3.63, 3.8) is 0 Å². The van der Waals surface area contributed by atoms with E-state index in [9.17, 15) is 4.39 Å². The first-order valence-corrected chi connectivity index (χ1v) is 5.30. The van der Waals surface area contributed by atoms with Gasteiger partial charge in [-0.05, 0) is 19.1 Å². The van der Waals surface area contributed by atoms with Gasteiger partial charge in [0.15, 0.2) is 11.6 Å². The maximum Gasteiger partial charge on any atom is 0.221 e. The Morgan fingerprint density at radius 1 is 1.50 bits per heavy atom. The zero-order valence-corrected chi connectivity index (χ0v) is 10.1. The van der Waals surface area contributed by atoms with Crippen LogP contribution in [0, 0.1) is 12.7 Å². The number of nitrogens with two attached hydrogens (primary N) is 1. The maximum atomic E-state index is 13.4. The average molecular weight is 248 g/mol. The van der Waals surface area contributed by atoms with Crippen LogP contribution in [0.15, 0.2) is 29.5 Å². The van der Waals surface area contributed by atoms with Crippen molar-refractivity contribution in [3.05, 3.63) is 41.5 Å². The average Bonchev–Trinajstić information content (AvgIpc) is 2.65. The summed E-state index contributed by atoms with van der Waals surface area (Å²) in [6.07, 6.45) is 3.15. The summed E-state index contributed by atoms with van der Waals surface area (Å²) in [5.41, 5.74) is 6.93. The number of benzene rings is 1. The summed E-state index contributed by atoms with van der Waals surface area (Å²) in [4.78, 5) is 4.01. The van der Waals surface area contributed by atoms with Gasteiger partial charge in [0.05, 0.1) is 25.2 Å². The van der Waals surface area contributed by atoms with Gasteiger partial charge in [-0.1, -0.05) is 6.07 Å². The summed E-state index contributed by atoms with van der Waals surface area (Å²) in [7, 11) is 1.41. The molecule has 0 unspecified atom stereocenters. The minimum absolute atomic E-state index is 0.150. The third-order valence-corrected chi connectivity index (χ3v) is 2.36. The fourth-order valence-corrected chi connectivity index (χ4v) is 1.56. The maximum absolute atomic E-state index is 13.4. The molecule has 0 radical (unpaired) electrons. The molecule has 1 aromatic carbocycles. The highest BCUT2D eigenvalue weighted by Crippen LogP contribution is 2.20. The number of nitrogens with zero attached hydrogens (tertiary/aromatic N) is 3. The van der Waals surface area contributed by atoms with Crippen molar-refractivity contribution in [1.29, 1.82) is 0 Å². The SMILES string of the molecule is COc1c(F)cccc1C=Nn1cc(C)nc1N. The third-order valence-electron chi connectivity index (χ3n) is 2.36. The molecular formula is C12H13FN4O. The Morgan fingerprint density at radius 3 is 2.89 bits per heavy atom. The number of hydrogen-bond acceptors (Lipinski definition) is 4. The van der Waals surface area contributed by atoms with E-state index in [1.807, 2.05) is 6.92 Å². The van der Waals surface area contributed by atoms with Crippen molar-refractivity contribution in [2.45, 2.75) is 6.92 Å². The Hall–Kier alpha value is -2.37. The fourth-order valence-electron chi connectivity index (χ4n) is 1.56. The summed E-state index contributed by atoms with van der Waals surface area (Å²) < 4.78 is 19.8. The van der Waals surface area contributed by atoms with Gasteiger partial charge >= 0.3 is 0 Å². The van der Waals surface area contributed by atoms with Crippen LogP contribution in [0.25, 0.3) is 0 Å². The summed E-state index contributed by atoms with van der Waals surface area (Å²) >= 11 is 0. The lowest BCUT2D eigenvalue weighted by Gasteiger charge is -2.04. The van der Waals surface area contributed by atoms with E-state index in [-0.39, 0.29) is 11.7 Å². The topological polar surface area (TPSA) is 65.4 Å². The highest BCUT2D eigenvalue weighted by molar-refractivity contribution is 5.83. The lowest BCUT2D eigenvalue weighted by atomic mass is 10.2. The second kappa shape index (κ2) is 4.87. The molecule has 0 fully saturated rings. The van der Waals surface area contributed by atoms with Crippen LogP contribution in [0.3, 0.4) is 0 Å². The van der Waals surface area contributed by atoms with Gasteiger partial charge in [0.1, 0.15) is 0 Å². The Kier molecular flexibility index (Phi) is 3.27. The number of halogens is 1. The number of aromatic nitrogens is 2. The van der Waals surface area contributed by atoms with Crippen LogP contribution in [0.1, 0.15) is 11.3 Å². The van der Waals surface area contributed by atoms with E-state index in [0.29, 0.717) is 5.56 Å². The van der Waals surface area contributed by atoms with Crippen molar-refractivity contribution in [1.82, 2.24) is 9.66 Å². The van der Waals surface area contributed by atoms with Gasteiger partial charge < -0.3 is 10.5 Å². The molecule has 5 nitrogen and oxygen atoms in total. The van der Waals surface area contributed by atoms with Crippen molar-refractivity contribution in [2.75, 3.05) is 12.8 Å². The van der Waals surface area contributed by atoms with Crippen molar-refractivity contribution < 1.29 is 9.13 Å². The smallest absolute Gasteiger partial charge is 0.221 e. The van der Waals surface area contributed by atoms with Gasteiger partial charge in [-0.15, -0.1) is 0 Å². The predicted octanol–water partition coefficient (Wildman–Crippen LogP) is 1.80. The van der Waals surface area contributed by atoms with Crippen LogP contribution >= 0.6 is 0 Å². The standard InChI is InChI=1S/C12H13FN4O/c1-8-7-17(12(14)16-8)15-6-9-4-3-5-10(13)11(9)18-2/h3-7H,1-2H3,(H2,14,16). The van der Waals surface area contributed by atoms with E-state index < -0.39 is 5.82 Å². The summed E-state index contributed by atoms with van der Waals surface area (Å²) in [6.45, 7) is 1.81. The van der Waals surface area contributed by atoms with E-state index in [4.69, 9.17) is 10.5 Å². The number of nitrogen functional groups attached to an aromatic ring is 1. The fraction of sp³-hybridized carbons (Fsp3) is 0.167. The highest BCUT2D eigenvalue weighted by Gasteiger charge is 2.06. The molecular weight excluding hydrogens is 235 g/mol. The Bertz CT molecular complexity index is 592. The molecule has 0 aliphatic heterocycles. The Morgan fingerprint density at radius 2 is 2.28 bits per heavy atom. The molecule has 0 amide bonds. The van der Waals surface area contributed by atoms with Crippen LogP contribution in [0.4, 0.5) is 10.3 Å². The molecule has 94 valence electrons. The number of imidazole rings is 1. The lowest BCUT2D eigenvalue weighted by Crippen LogP contribution is -1.99. The second-order valence-corrected chi connectivity index (χ2v) is 3.69. The molecule has 0 aliphatic carbocycles. The number of methoxy groups -OCH3 is 1. The normalized spacial score (nSPS) is 11.1. The summed E-state index contributed by atoms with van der Waals surface area (Å²) in [6, 6.07) is 4.61. The van der Waals surface area contributed by atoms with Gasteiger partial charge in [-0.2, -0.15) is 5.10 Å². The Labute approximate surface area is 104 Å². The Balaban J connectivity index is 2.34. The van der Waals surface area contributed by atoms with Gasteiger partial charge in [0.2, 0.25) is 5.95 Å². The first-order valence-electron chi connectivity index (χ1n) is 5.30. The number of para-hydroxylation sites is 1. The number of aryl methyl sites for hydroxylation is 1.